The maximum absolute atomic E-state index is 13.9. The van der Waals surface area contributed by atoms with Crippen molar-refractivity contribution in [2.75, 3.05) is 26.0 Å². The van der Waals surface area contributed by atoms with Gasteiger partial charge in [-0.15, -0.1) is 0 Å². The fraction of sp³-hybridized carbons (Fsp3) is 0.333. The monoisotopic (exact) mass is 576 g/mol. The number of benzene rings is 2. The molecule has 12 nitrogen and oxygen atoms in total. The summed E-state index contributed by atoms with van der Waals surface area (Å²) in [7, 11) is 3.09. The van der Waals surface area contributed by atoms with E-state index in [1.54, 1.807) is 26.2 Å². The Morgan fingerprint density at radius 3 is 2.40 bits per heavy atom. The molecule has 0 heterocycles. The van der Waals surface area contributed by atoms with Gasteiger partial charge in [-0.3, -0.25) is 24.1 Å². The third-order valence-electron chi connectivity index (χ3n) is 8.37. The Balaban J connectivity index is 1.46. The van der Waals surface area contributed by atoms with Crippen molar-refractivity contribution in [1.29, 1.82) is 0 Å². The third kappa shape index (κ3) is 4.48. The van der Waals surface area contributed by atoms with Gasteiger partial charge < -0.3 is 36.8 Å². The summed E-state index contributed by atoms with van der Waals surface area (Å²) in [5, 5.41) is 50.6. The number of phenolic OH excluding ortho intramolecular Hbond substituents is 1. The van der Waals surface area contributed by atoms with E-state index < -0.39 is 63.8 Å². The Bertz CT molecular complexity index is 1560. The average molecular weight is 577 g/mol. The van der Waals surface area contributed by atoms with E-state index in [1.165, 1.54) is 4.90 Å². The summed E-state index contributed by atoms with van der Waals surface area (Å²) in [5.41, 5.74) is 3.04. The number of likely N-dealkylation sites (N-methyl/N-ethyl adjacent to an activating group) is 1. The van der Waals surface area contributed by atoms with Crippen molar-refractivity contribution in [3.8, 4) is 5.75 Å². The third-order valence-corrected chi connectivity index (χ3v) is 8.37. The Kier molecular flexibility index (Phi) is 7.29. The predicted octanol–water partition coefficient (Wildman–Crippen LogP) is 0.692. The quantitative estimate of drug-likeness (QED) is 0.182. The first-order valence-electron chi connectivity index (χ1n) is 13.4. The summed E-state index contributed by atoms with van der Waals surface area (Å²) >= 11 is 0. The zero-order valence-corrected chi connectivity index (χ0v) is 23.0. The van der Waals surface area contributed by atoms with Gasteiger partial charge in [-0.05, 0) is 50.0 Å². The molecule has 42 heavy (non-hydrogen) atoms. The molecule has 2 aromatic carbocycles. The number of amides is 2. The summed E-state index contributed by atoms with van der Waals surface area (Å²) in [6.07, 6.45) is 0.189. The van der Waals surface area contributed by atoms with E-state index in [4.69, 9.17) is 5.73 Å². The van der Waals surface area contributed by atoms with E-state index in [1.807, 2.05) is 30.3 Å². The number of aromatic hydroxyl groups is 1. The van der Waals surface area contributed by atoms with Gasteiger partial charge >= 0.3 is 0 Å². The Morgan fingerprint density at radius 1 is 1.07 bits per heavy atom. The number of hydrogen-bond acceptors (Lipinski definition) is 10. The van der Waals surface area contributed by atoms with Gasteiger partial charge in [-0.2, -0.15) is 0 Å². The maximum atomic E-state index is 13.9. The molecule has 3 aliphatic rings. The summed E-state index contributed by atoms with van der Waals surface area (Å²) in [4.78, 5) is 53.0. The highest BCUT2D eigenvalue weighted by atomic mass is 16.3. The van der Waals surface area contributed by atoms with Crippen LogP contribution in [-0.2, 0) is 32.1 Å². The number of primary amides is 1. The van der Waals surface area contributed by atoms with Gasteiger partial charge in [-0.1, -0.05) is 36.4 Å². The minimum Gasteiger partial charge on any atom is -0.508 e. The van der Waals surface area contributed by atoms with Crippen LogP contribution in [0.15, 0.2) is 59.4 Å². The molecule has 3 unspecified atom stereocenters. The molecule has 0 radical (unpaired) electrons. The first kappa shape index (κ1) is 28.8. The molecule has 4 atom stereocenters. The Morgan fingerprint density at radius 2 is 1.76 bits per heavy atom. The van der Waals surface area contributed by atoms with E-state index in [9.17, 15) is 39.6 Å². The summed E-state index contributed by atoms with van der Waals surface area (Å²) in [6, 6.07) is 11.4. The van der Waals surface area contributed by atoms with Crippen LogP contribution in [0, 0.1) is 11.8 Å². The zero-order chi connectivity index (χ0) is 30.5. The number of nitrogens with two attached hydrogens (primary N) is 1. The molecule has 0 aromatic heterocycles. The molecule has 3 aliphatic carbocycles. The highest BCUT2D eigenvalue weighted by Gasteiger charge is 2.64. The second kappa shape index (κ2) is 10.6. The lowest BCUT2D eigenvalue weighted by Gasteiger charge is -2.50. The van der Waals surface area contributed by atoms with Crippen molar-refractivity contribution in [2.45, 2.75) is 31.0 Å². The van der Waals surface area contributed by atoms with Gasteiger partial charge in [0, 0.05) is 18.0 Å². The molecule has 0 bridgehead atoms. The fourth-order valence-corrected chi connectivity index (χ4v) is 6.40. The number of nitrogens with one attached hydrogen (secondary N) is 2. The van der Waals surface area contributed by atoms with Crippen LogP contribution in [0.25, 0.3) is 5.76 Å². The van der Waals surface area contributed by atoms with Crippen LogP contribution in [0.1, 0.15) is 23.1 Å². The van der Waals surface area contributed by atoms with Gasteiger partial charge in [0.1, 0.15) is 22.8 Å². The predicted molar refractivity (Wildman–Crippen MR) is 151 cm³/mol. The number of nitrogens with zero attached hydrogens (tertiary/aromatic N) is 1. The highest BCUT2D eigenvalue weighted by molar-refractivity contribution is 6.24. The number of ketones is 2. The minimum atomic E-state index is -2.70. The second-order valence-electron chi connectivity index (χ2n) is 11.1. The molecule has 8 N–H and O–H groups in total. The van der Waals surface area contributed by atoms with Crippen LogP contribution in [0.2, 0.25) is 0 Å². The number of aliphatic hydroxyl groups is 3. The van der Waals surface area contributed by atoms with Crippen LogP contribution >= 0.6 is 0 Å². The Hall–Kier alpha value is -4.68. The van der Waals surface area contributed by atoms with Crippen molar-refractivity contribution in [3.63, 3.8) is 0 Å². The van der Waals surface area contributed by atoms with Gasteiger partial charge in [0.15, 0.2) is 11.4 Å². The molecule has 2 aromatic rings. The molecule has 1 fully saturated rings. The molecular weight excluding hydrogens is 544 g/mol. The Labute approximate surface area is 241 Å². The van der Waals surface area contributed by atoms with Crippen LogP contribution in [0.3, 0.4) is 0 Å². The average Bonchev–Trinajstić information content (AvgIpc) is 2.93. The summed E-state index contributed by atoms with van der Waals surface area (Å²) in [5.74, 6) is -7.46. The number of fused-ring (bicyclic) bond motifs is 3. The van der Waals surface area contributed by atoms with E-state index in [2.05, 4.69) is 10.6 Å². The lowest BCUT2D eigenvalue weighted by atomic mass is 9.57. The van der Waals surface area contributed by atoms with Crippen LogP contribution < -0.4 is 16.4 Å². The van der Waals surface area contributed by atoms with Crippen molar-refractivity contribution in [3.05, 3.63) is 76.1 Å². The SMILES string of the molecule is CN(C)[C@@H]1C(=O)C(C(N)=O)=C(O)C2(O)C(=O)C3=C(O)c4c(ccc(NCC(=O)NCc5ccccc5)c4O)CC3CC12. The number of carbonyl (C=O) groups excluding carboxylic acids is 4. The van der Waals surface area contributed by atoms with E-state index in [-0.39, 0.29) is 42.1 Å². The van der Waals surface area contributed by atoms with Crippen molar-refractivity contribution in [2.24, 2.45) is 17.6 Å². The number of carbonyl (C=O) groups is 4. The van der Waals surface area contributed by atoms with Crippen molar-refractivity contribution < 1.29 is 39.6 Å². The molecule has 220 valence electrons. The first-order chi connectivity index (χ1) is 19.9. The van der Waals surface area contributed by atoms with Crippen molar-refractivity contribution >= 4 is 34.8 Å². The molecule has 0 aliphatic heterocycles. The molecule has 0 saturated heterocycles. The normalized spacial score (nSPS) is 25.1. The number of anilines is 1. The van der Waals surface area contributed by atoms with Gasteiger partial charge in [0.2, 0.25) is 11.7 Å². The summed E-state index contributed by atoms with van der Waals surface area (Å²) < 4.78 is 0. The van der Waals surface area contributed by atoms with Gasteiger partial charge in [-0.25, -0.2) is 0 Å². The van der Waals surface area contributed by atoms with Gasteiger partial charge in [0.25, 0.3) is 5.91 Å². The van der Waals surface area contributed by atoms with Crippen LogP contribution in [0.5, 0.6) is 5.75 Å². The van der Waals surface area contributed by atoms with Gasteiger partial charge in [0.05, 0.1) is 23.8 Å². The zero-order valence-electron chi connectivity index (χ0n) is 23.0. The summed E-state index contributed by atoms with van der Waals surface area (Å²) in [6.45, 7) is 0.130. The van der Waals surface area contributed by atoms with Crippen molar-refractivity contribution in [1.82, 2.24) is 10.2 Å². The van der Waals surface area contributed by atoms with E-state index >= 15 is 0 Å². The van der Waals surface area contributed by atoms with E-state index in [0.717, 1.165) is 5.56 Å². The molecule has 2 amide bonds. The molecular formula is C30H32N4O8. The number of Topliss-reactive ketones (excluding diaryl/α,β-unsaturated/α-hetero) is 2. The van der Waals surface area contributed by atoms with E-state index in [0.29, 0.717) is 12.1 Å². The number of aliphatic hydroxyl groups excluding tert-OH is 2. The fourth-order valence-electron chi connectivity index (χ4n) is 6.40. The first-order valence-corrected chi connectivity index (χ1v) is 13.4. The number of hydrogen-bond donors (Lipinski definition) is 7. The minimum absolute atomic E-state index is 0.00805. The lowest BCUT2D eigenvalue weighted by Crippen LogP contribution is -2.65. The number of phenols is 1. The largest absolute Gasteiger partial charge is 0.508 e. The maximum Gasteiger partial charge on any atom is 0.255 e. The lowest BCUT2D eigenvalue weighted by molar-refractivity contribution is -0.153. The molecule has 12 heteroatoms. The van der Waals surface area contributed by atoms with Crippen LogP contribution in [-0.4, -0.2) is 81.0 Å². The second-order valence-corrected chi connectivity index (χ2v) is 11.1. The smallest absolute Gasteiger partial charge is 0.255 e. The van der Waals surface area contributed by atoms with Crippen LogP contribution in [0.4, 0.5) is 5.69 Å². The number of rotatable bonds is 7. The highest BCUT2D eigenvalue weighted by Crippen LogP contribution is 2.53. The standard InChI is InChI=1S/C30H32N4O8/c1-34(2)23-17-11-16-10-15-8-9-18(32-13-19(35)33-12-14-6-4-3-5-7-14)24(36)20(15)25(37)21(16)27(39)30(17,42)28(40)22(26(23)38)29(31)41/h3-9,16-17,23,32,36-37,40,42H,10-13H2,1-2H3,(H2,31,41)(H,33,35)/t16?,17?,23-,30?/m0/s1. The molecule has 1 saturated carbocycles. The topological polar surface area (TPSA) is 203 Å². The molecule has 5 rings (SSSR count). The molecule has 0 spiro atoms.